The van der Waals surface area contributed by atoms with Crippen molar-refractivity contribution in [2.24, 2.45) is 5.73 Å². The Kier molecular flexibility index (Phi) is 4.39. The lowest BCUT2D eigenvalue weighted by Gasteiger charge is -2.09. The number of hydrogen-bond donors (Lipinski definition) is 1. The Hall–Kier alpha value is -1.97. The lowest BCUT2D eigenvalue weighted by molar-refractivity contribution is -0.113. The van der Waals surface area contributed by atoms with Gasteiger partial charge in [-0.1, -0.05) is 6.07 Å². The smallest absolute Gasteiger partial charge is 0.241 e. The van der Waals surface area contributed by atoms with Gasteiger partial charge >= 0.3 is 0 Å². The molecule has 1 amide bonds. The quantitative estimate of drug-likeness (QED) is 0.768. The first kappa shape index (κ1) is 12.1. The minimum atomic E-state index is -0.479. The predicted octanol–water partition coefficient (Wildman–Crippen LogP) is 1.59. The molecule has 0 saturated carbocycles. The second-order valence-corrected chi connectivity index (χ2v) is 3.08. The Labute approximate surface area is 94.7 Å². The molecule has 0 aliphatic heterocycles. The first-order valence-electron chi connectivity index (χ1n) is 4.95. The molecule has 0 saturated heterocycles. The van der Waals surface area contributed by atoms with Gasteiger partial charge in [0.25, 0.3) is 0 Å². The fraction of sp³-hybridized carbons (Fsp3) is 0.250. The van der Waals surface area contributed by atoms with Gasteiger partial charge in [-0.3, -0.25) is 4.79 Å². The lowest BCUT2D eigenvalue weighted by atomic mass is 10.2. The molecule has 16 heavy (non-hydrogen) atoms. The molecule has 0 spiro atoms. The van der Waals surface area contributed by atoms with Gasteiger partial charge in [0, 0.05) is 6.08 Å². The molecule has 1 aromatic rings. The molecule has 0 heterocycles. The van der Waals surface area contributed by atoms with Crippen LogP contribution in [-0.2, 0) is 4.79 Å². The van der Waals surface area contributed by atoms with Crippen molar-refractivity contribution in [1.82, 2.24) is 0 Å². The summed E-state index contributed by atoms with van der Waals surface area (Å²) < 4.78 is 10.5. The molecule has 0 fully saturated rings. The molecule has 0 aromatic heterocycles. The zero-order valence-electron chi connectivity index (χ0n) is 9.40. The van der Waals surface area contributed by atoms with Crippen LogP contribution in [0.25, 0.3) is 6.08 Å². The van der Waals surface area contributed by atoms with Crippen LogP contribution in [0.5, 0.6) is 11.5 Å². The highest BCUT2D eigenvalue weighted by molar-refractivity contribution is 5.90. The molecular formula is C12H15NO3. The molecule has 0 radical (unpaired) electrons. The number of rotatable bonds is 5. The highest BCUT2D eigenvalue weighted by Crippen LogP contribution is 2.28. The van der Waals surface area contributed by atoms with Crippen LogP contribution in [0.1, 0.15) is 12.5 Å². The molecule has 0 aliphatic rings. The molecule has 0 unspecified atom stereocenters. The number of carbonyl (C=O) groups is 1. The Morgan fingerprint density at radius 3 is 2.75 bits per heavy atom. The number of ether oxygens (including phenoxy) is 2. The molecule has 4 heteroatoms. The molecule has 4 nitrogen and oxygen atoms in total. The Bertz CT molecular complexity index is 399. The minimum Gasteiger partial charge on any atom is -0.493 e. The van der Waals surface area contributed by atoms with Gasteiger partial charge in [-0.05, 0) is 30.7 Å². The summed E-state index contributed by atoms with van der Waals surface area (Å²) in [6.45, 7) is 2.48. The van der Waals surface area contributed by atoms with Gasteiger partial charge in [0.2, 0.25) is 5.91 Å². The van der Waals surface area contributed by atoms with Crippen molar-refractivity contribution >= 4 is 12.0 Å². The number of methoxy groups -OCH3 is 1. The highest BCUT2D eigenvalue weighted by atomic mass is 16.5. The van der Waals surface area contributed by atoms with Crippen molar-refractivity contribution in [3.63, 3.8) is 0 Å². The van der Waals surface area contributed by atoms with E-state index in [0.717, 1.165) is 5.56 Å². The highest BCUT2D eigenvalue weighted by Gasteiger charge is 2.03. The van der Waals surface area contributed by atoms with Gasteiger partial charge in [-0.15, -0.1) is 0 Å². The van der Waals surface area contributed by atoms with Crippen molar-refractivity contribution in [3.05, 3.63) is 29.8 Å². The lowest BCUT2D eigenvalue weighted by Crippen LogP contribution is -2.05. The van der Waals surface area contributed by atoms with Crippen molar-refractivity contribution in [2.75, 3.05) is 13.7 Å². The Balaban J connectivity index is 2.94. The van der Waals surface area contributed by atoms with Crippen LogP contribution < -0.4 is 15.2 Å². The summed E-state index contributed by atoms with van der Waals surface area (Å²) in [7, 11) is 1.57. The molecule has 2 N–H and O–H groups in total. The van der Waals surface area contributed by atoms with E-state index in [4.69, 9.17) is 15.2 Å². The maximum Gasteiger partial charge on any atom is 0.241 e. The summed E-state index contributed by atoms with van der Waals surface area (Å²) in [6, 6.07) is 5.40. The first-order chi connectivity index (χ1) is 7.67. The van der Waals surface area contributed by atoms with Gasteiger partial charge in [0.15, 0.2) is 11.5 Å². The molecule has 1 aromatic carbocycles. The number of amides is 1. The van der Waals surface area contributed by atoms with E-state index < -0.39 is 5.91 Å². The fourth-order valence-corrected chi connectivity index (χ4v) is 1.24. The molecule has 0 atom stereocenters. The third kappa shape index (κ3) is 3.31. The SMILES string of the molecule is CCOc1ccc(/C=C\C(N)=O)cc1OC. The molecule has 0 bridgehead atoms. The van der Waals surface area contributed by atoms with Crippen molar-refractivity contribution in [2.45, 2.75) is 6.92 Å². The van der Waals surface area contributed by atoms with Crippen LogP contribution in [0.3, 0.4) is 0 Å². The zero-order chi connectivity index (χ0) is 12.0. The number of primary amides is 1. The van der Waals surface area contributed by atoms with Crippen molar-refractivity contribution in [3.8, 4) is 11.5 Å². The summed E-state index contributed by atoms with van der Waals surface area (Å²) >= 11 is 0. The second kappa shape index (κ2) is 5.80. The predicted molar refractivity (Wildman–Crippen MR) is 62.4 cm³/mol. The monoisotopic (exact) mass is 221 g/mol. The summed E-state index contributed by atoms with van der Waals surface area (Å²) in [6.07, 6.45) is 2.93. The third-order valence-corrected chi connectivity index (χ3v) is 1.93. The van der Waals surface area contributed by atoms with E-state index in [1.54, 1.807) is 25.3 Å². The van der Waals surface area contributed by atoms with Crippen LogP contribution in [0.15, 0.2) is 24.3 Å². The molecular weight excluding hydrogens is 206 g/mol. The second-order valence-electron chi connectivity index (χ2n) is 3.08. The van der Waals surface area contributed by atoms with E-state index in [0.29, 0.717) is 18.1 Å². The number of nitrogens with two attached hydrogens (primary N) is 1. The van der Waals surface area contributed by atoms with E-state index in [-0.39, 0.29) is 0 Å². The van der Waals surface area contributed by atoms with E-state index >= 15 is 0 Å². The van der Waals surface area contributed by atoms with E-state index in [1.807, 2.05) is 13.0 Å². The third-order valence-electron chi connectivity index (χ3n) is 1.93. The zero-order valence-corrected chi connectivity index (χ0v) is 9.40. The van der Waals surface area contributed by atoms with Crippen LogP contribution in [0, 0.1) is 0 Å². The van der Waals surface area contributed by atoms with Gasteiger partial charge < -0.3 is 15.2 Å². The summed E-state index contributed by atoms with van der Waals surface area (Å²) in [5.74, 6) is 0.836. The van der Waals surface area contributed by atoms with Crippen molar-refractivity contribution in [1.29, 1.82) is 0 Å². The Morgan fingerprint density at radius 1 is 1.44 bits per heavy atom. The maximum atomic E-state index is 10.6. The van der Waals surface area contributed by atoms with Gasteiger partial charge in [0.05, 0.1) is 13.7 Å². The van der Waals surface area contributed by atoms with Crippen LogP contribution in [-0.4, -0.2) is 19.6 Å². The molecule has 0 aliphatic carbocycles. The summed E-state index contributed by atoms with van der Waals surface area (Å²) in [5, 5.41) is 0. The van der Waals surface area contributed by atoms with Gasteiger partial charge in [0.1, 0.15) is 0 Å². The minimum absolute atomic E-state index is 0.479. The standard InChI is InChI=1S/C12H15NO3/c1-3-16-10-6-4-9(5-7-12(13)14)8-11(10)15-2/h4-8H,3H2,1-2H3,(H2,13,14)/b7-5-. The average molecular weight is 221 g/mol. The van der Waals surface area contributed by atoms with E-state index in [9.17, 15) is 4.79 Å². The average Bonchev–Trinajstić information content (AvgIpc) is 2.28. The van der Waals surface area contributed by atoms with Crippen LogP contribution >= 0.6 is 0 Å². The topological polar surface area (TPSA) is 61.5 Å². The van der Waals surface area contributed by atoms with Gasteiger partial charge in [-0.25, -0.2) is 0 Å². The summed E-state index contributed by atoms with van der Waals surface area (Å²) in [4.78, 5) is 10.6. The van der Waals surface area contributed by atoms with E-state index in [1.165, 1.54) is 6.08 Å². The largest absolute Gasteiger partial charge is 0.493 e. The van der Waals surface area contributed by atoms with Gasteiger partial charge in [-0.2, -0.15) is 0 Å². The Morgan fingerprint density at radius 2 is 2.19 bits per heavy atom. The fourth-order valence-electron chi connectivity index (χ4n) is 1.24. The van der Waals surface area contributed by atoms with Crippen LogP contribution in [0.4, 0.5) is 0 Å². The number of hydrogen-bond acceptors (Lipinski definition) is 3. The first-order valence-corrected chi connectivity index (χ1v) is 4.95. The normalized spacial score (nSPS) is 10.4. The summed E-state index contributed by atoms with van der Waals surface area (Å²) in [5.41, 5.74) is 5.84. The van der Waals surface area contributed by atoms with E-state index in [2.05, 4.69) is 0 Å². The number of carbonyl (C=O) groups excluding carboxylic acids is 1. The van der Waals surface area contributed by atoms with Crippen molar-refractivity contribution < 1.29 is 14.3 Å². The molecule has 1 rings (SSSR count). The number of benzene rings is 1. The molecule has 86 valence electrons. The van der Waals surface area contributed by atoms with Crippen LogP contribution in [0.2, 0.25) is 0 Å². The maximum absolute atomic E-state index is 10.6.